The lowest BCUT2D eigenvalue weighted by Crippen LogP contribution is -2.39. The van der Waals surface area contributed by atoms with Crippen LogP contribution in [-0.4, -0.2) is 17.6 Å². The van der Waals surface area contributed by atoms with Crippen LogP contribution in [0.1, 0.15) is 24.1 Å². The Labute approximate surface area is 175 Å². The van der Waals surface area contributed by atoms with Crippen LogP contribution >= 0.6 is 22.9 Å². The third-order valence-electron chi connectivity index (χ3n) is 4.71. The van der Waals surface area contributed by atoms with Crippen LogP contribution in [-0.2, 0) is 9.53 Å². The summed E-state index contributed by atoms with van der Waals surface area (Å²) in [6.07, 6.45) is 1.83. The zero-order chi connectivity index (χ0) is 20.5. The molecule has 29 heavy (non-hydrogen) atoms. The summed E-state index contributed by atoms with van der Waals surface area (Å²) in [5.74, 6) is -0.511. The zero-order valence-electron chi connectivity index (χ0n) is 15.8. The van der Waals surface area contributed by atoms with Crippen molar-refractivity contribution in [2.45, 2.75) is 13.0 Å². The maximum atomic E-state index is 13.3. The Morgan fingerprint density at radius 2 is 1.86 bits per heavy atom. The molecule has 0 aliphatic carbocycles. The molecule has 0 spiro atoms. The summed E-state index contributed by atoms with van der Waals surface area (Å²) < 4.78 is 7.10. The van der Waals surface area contributed by atoms with Gasteiger partial charge in [-0.2, -0.15) is 0 Å². The lowest BCUT2D eigenvalue weighted by atomic mass is 9.96. The minimum absolute atomic E-state index is 0.202. The Bertz CT molecular complexity index is 1290. The maximum absolute atomic E-state index is 13.3. The van der Waals surface area contributed by atoms with Crippen molar-refractivity contribution < 1.29 is 9.53 Å². The summed E-state index contributed by atoms with van der Waals surface area (Å²) in [7, 11) is 1.32. The number of esters is 1. The van der Waals surface area contributed by atoms with Gasteiger partial charge in [-0.15, -0.1) is 0 Å². The summed E-state index contributed by atoms with van der Waals surface area (Å²) in [4.78, 5) is 30.9. The number of ether oxygens (including phenoxy) is 1. The van der Waals surface area contributed by atoms with E-state index in [1.165, 1.54) is 18.4 Å². The van der Waals surface area contributed by atoms with E-state index in [1.807, 2.05) is 48.5 Å². The second-order valence-electron chi connectivity index (χ2n) is 6.54. The van der Waals surface area contributed by atoms with Crippen molar-refractivity contribution in [3.63, 3.8) is 0 Å². The van der Waals surface area contributed by atoms with E-state index in [9.17, 15) is 9.59 Å². The molecule has 0 fully saturated rings. The minimum atomic E-state index is -0.631. The Balaban J connectivity index is 1.99. The fraction of sp³-hybridized carbons (Fsp3) is 0.136. The molecule has 0 saturated carbocycles. The number of nitrogens with zero attached hydrogens (tertiary/aromatic N) is 2. The lowest BCUT2D eigenvalue weighted by Gasteiger charge is -2.24. The number of fused-ring (bicyclic) bond motifs is 1. The standard InChI is InChI=1S/C22H17ClN2O3S/c1-13-18(21(27)28-2)19(15-8-10-16(23)11-9-15)25-20(26)17(29-22(25)24-13)12-14-6-4-3-5-7-14/h3-12,19H,1-2H3/b17-12+/t19-/m1/s1. The van der Waals surface area contributed by atoms with E-state index >= 15 is 0 Å². The number of hydrogen-bond acceptors (Lipinski definition) is 5. The third-order valence-corrected chi connectivity index (χ3v) is 5.94. The molecule has 0 unspecified atom stereocenters. The molecule has 4 rings (SSSR count). The molecule has 0 radical (unpaired) electrons. The van der Waals surface area contributed by atoms with Gasteiger partial charge in [0, 0.05) is 5.02 Å². The molecule has 1 aromatic heterocycles. The molecule has 1 atom stereocenters. The maximum Gasteiger partial charge on any atom is 0.338 e. The van der Waals surface area contributed by atoms with Crippen molar-refractivity contribution in [2.75, 3.05) is 7.11 Å². The van der Waals surface area contributed by atoms with Gasteiger partial charge in [-0.3, -0.25) is 9.36 Å². The molecular weight excluding hydrogens is 408 g/mol. The van der Waals surface area contributed by atoms with Gasteiger partial charge in [0.15, 0.2) is 4.80 Å². The predicted molar refractivity (Wildman–Crippen MR) is 114 cm³/mol. The first-order valence-electron chi connectivity index (χ1n) is 8.91. The summed E-state index contributed by atoms with van der Waals surface area (Å²) in [5, 5.41) is 0.575. The number of thiazole rings is 1. The quantitative estimate of drug-likeness (QED) is 0.607. The van der Waals surface area contributed by atoms with Crippen LogP contribution in [0.5, 0.6) is 0 Å². The van der Waals surface area contributed by atoms with E-state index in [4.69, 9.17) is 16.3 Å². The monoisotopic (exact) mass is 424 g/mol. The molecule has 1 aliphatic rings. The van der Waals surface area contributed by atoms with Gasteiger partial charge in [-0.25, -0.2) is 9.79 Å². The summed E-state index contributed by atoms with van der Waals surface area (Å²) in [6.45, 7) is 1.75. The summed E-state index contributed by atoms with van der Waals surface area (Å²) in [6, 6.07) is 16.1. The van der Waals surface area contributed by atoms with Crippen molar-refractivity contribution >= 4 is 35.0 Å². The second-order valence-corrected chi connectivity index (χ2v) is 7.98. The molecule has 3 aromatic rings. The second kappa shape index (κ2) is 7.81. The van der Waals surface area contributed by atoms with Crippen LogP contribution in [0.3, 0.4) is 0 Å². The van der Waals surface area contributed by atoms with E-state index in [0.29, 0.717) is 25.6 Å². The van der Waals surface area contributed by atoms with Crippen LogP contribution in [0.25, 0.3) is 6.08 Å². The average molecular weight is 425 g/mol. The molecule has 5 nitrogen and oxygen atoms in total. The van der Waals surface area contributed by atoms with Crippen LogP contribution in [0.4, 0.5) is 0 Å². The highest BCUT2D eigenvalue weighted by molar-refractivity contribution is 7.07. The molecule has 0 amide bonds. The normalized spacial score (nSPS) is 16.4. The SMILES string of the molecule is COC(=O)C1=C(C)N=c2s/c(=C/c3ccccc3)c(=O)n2[C@@H]1c1ccc(Cl)cc1. The first-order valence-corrected chi connectivity index (χ1v) is 10.1. The first kappa shape index (κ1) is 19.4. The largest absolute Gasteiger partial charge is 0.466 e. The van der Waals surface area contributed by atoms with Crippen molar-refractivity contribution in [1.82, 2.24) is 4.57 Å². The molecule has 1 aliphatic heterocycles. The van der Waals surface area contributed by atoms with E-state index in [0.717, 1.165) is 11.1 Å². The fourth-order valence-corrected chi connectivity index (χ4v) is 4.53. The minimum Gasteiger partial charge on any atom is -0.466 e. The number of methoxy groups -OCH3 is 1. The van der Waals surface area contributed by atoms with Gasteiger partial charge >= 0.3 is 5.97 Å². The number of benzene rings is 2. The zero-order valence-corrected chi connectivity index (χ0v) is 17.3. The summed E-state index contributed by atoms with van der Waals surface area (Å²) >= 11 is 7.34. The highest BCUT2D eigenvalue weighted by atomic mass is 35.5. The van der Waals surface area contributed by atoms with Gasteiger partial charge in [-0.1, -0.05) is 65.4 Å². The predicted octanol–water partition coefficient (Wildman–Crippen LogP) is 3.06. The smallest absolute Gasteiger partial charge is 0.338 e. The number of aromatic nitrogens is 1. The Kier molecular flexibility index (Phi) is 5.22. The molecule has 7 heteroatoms. The van der Waals surface area contributed by atoms with Gasteiger partial charge in [0.1, 0.15) is 0 Å². The molecular formula is C22H17ClN2O3S. The highest BCUT2D eigenvalue weighted by Crippen LogP contribution is 2.31. The van der Waals surface area contributed by atoms with Gasteiger partial charge in [0.2, 0.25) is 0 Å². The molecule has 0 bridgehead atoms. The lowest BCUT2D eigenvalue weighted by molar-refractivity contribution is -0.136. The Morgan fingerprint density at radius 1 is 1.17 bits per heavy atom. The van der Waals surface area contributed by atoms with Gasteiger partial charge < -0.3 is 4.74 Å². The van der Waals surface area contributed by atoms with Gasteiger partial charge in [0.25, 0.3) is 5.56 Å². The highest BCUT2D eigenvalue weighted by Gasteiger charge is 2.32. The van der Waals surface area contributed by atoms with Crippen molar-refractivity contribution in [3.8, 4) is 0 Å². The third kappa shape index (κ3) is 3.57. The summed E-state index contributed by atoms with van der Waals surface area (Å²) in [5.41, 5.74) is 2.35. The Hall–Kier alpha value is -2.96. The Morgan fingerprint density at radius 3 is 2.52 bits per heavy atom. The van der Waals surface area contributed by atoms with Gasteiger partial charge in [0.05, 0.1) is 29.0 Å². The number of allylic oxidation sites excluding steroid dienone is 1. The van der Waals surface area contributed by atoms with E-state index < -0.39 is 12.0 Å². The number of carbonyl (C=O) groups is 1. The average Bonchev–Trinajstić information content (AvgIpc) is 3.02. The number of carbonyl (C=O) groups excluding carboxylic acids is 1. The van der Waals surface area contributed by atoms with Gasteiger partial charge in [-0.05, 0) is 36.3 Å². The number of rotatable bonds is 3. The fourth-order valence-electron chi connectivity index (χ4n) is 3.35. The van der Waals surface area contributed by atoms with Crippen molar-refractivity contribution in [1.29, 1.82) is 0 Å². The molecule has 0 saturated heterocycles. The van der Waals surface area contributed by atoms with E-state index in [2.05, 4.69) is 4.99 Å². The van der Waals surface area contributed by atoms with Crippen LogP contribution in [0, 0.1) is 0 Å². The molecule has 146 valence electrons. The molecule has 0 N–H and O–H groups in total. The van der Waals surface area contributed by atoms with E-state index in [-0.39, 0.29) is 5.56 Å². The van der Waals surface area contributed by atoms with Crippen molar-refractivity contribution in [2.24, 2.45) is 4.99 Å². The van der Waals surface area contributed by atoms with Crippen LogP contribution in [0.2, 0.25) is 5.02 Å². The molecule has 2 heterocycles. The van der Waals surface area contributed by atoms with E-state index in [1.54, 1.807) is 23.6 Å². The molecule has 2 aromatic carbocycles. The van der Waals surface area contributed by atoms with Crippen LogP contribution < -0.4 is 14.9 Å². The number of halogens is 1. The van der Waals surface area contributed by atoms with Crippen molar-refractivity contribution in [3.05, 3.63) is 102 Å². The van der Waals surface area contributed by atoms with Crippen LogP contribution in [0.15, 0.2) is 75.7 Å². The first-order chi connectivity index (χ1) is 14.0. The topological polar surface area (TPSA) is 60.7 Å². The number of hydrogen-bond donors (Lipinski definition) is 0.